The van der Waals surface area contributed by atoms with E-state index in [-0.39, 0.29) is 0 Å². The molecule has 1 radical (unpaired) electrons. The smallest absolute Gasteiger partial charge is 0.0831 e. The summed E-state index contributed by atoms with van der Waals surface area (Å²) in [7, 11) is 3.79. The van der Waals surface area contributed by atoms with Crippen molar-refractivity contribution in [3.05, 3.63) is 28.2 Å². The number of hydrogen-bond donors (Lipinski definition) is 0. The Morgan fingerprint density at radius 3 is 2.45 bits per heavy atom. The molecule has 0 aliphatic rings. The van der Waals surface area contributed by atoms with Gasteiger partial charge in [-0.05, 0) is 6.07 Å². The van der Waals surface area contributed by atoms with E-state index >= 15 is 0 Å². The number of hydrogen-bond acceptors (Lipinski definition) is 1. The zero-order valence-electron chi connectivity index (χ0n) is 6.36. The summed E-state index contributed by atoms with van der Waals surface area (Å²) in [6, 6.07) is 6.46. The van der Waals surface area contributed by atoms with Gasteiger partial charge in [-0.15, -0.1) is 0 Å². The second kappa shape index (κ2) is 3.33. The monoisotopic (exact) mass is 188 g/mol. The summed E-state index contributed by atoms with van der Waals surface area (Å²) in [6.07, 6.45) is 0. The molecule has 0 saturated heterocycles. The van der Waals surface area contributed by atoms with Crippen molar-refractivity contribution in [2.24, 2.45) is 0 Å². The molecule has 0 saturated carbocycles. The van der Waals surface area contributed by atoms with Crippen LogP contribution in [-0.4, -0.2) is 14.1 Å². The van der Waals surface area contributed by atoms with Crippen LogP contribution >= 0.6 is 23.2 Å². The molecule has 0 heterocycles. The van der Waals surface area contributed by atoms with Crippen molar-refractivity contribution in [3.8, 4) is 0 Å². The van der Waals surface area contributed by atoms with Gasteiger partial charge < -0.3 is 4.90 Å². The minimum absolute atomic E-state index is 0.555. The van der Waals surface area contributed by atoms with Gasteiger partial charge in [0.05, 0.1) is 15.7 Å². The van der Waals surface area contributed by atoms with Crippen LogP contribution in [0.25, 0.3) is 0 Å². The van der Waals surface area contributed by atoms with Crippen LogP contribution in [-0.2, 0) is 0 Å². The van der Waals surface area contributed by atoms with Crippen molar-refractivity contribution in [1.29, 1.82) is 0 Å². The Morgan fingerprint density at radius 2 is 2.00 bits per heavy atom. The lowest BCUT2D eigenvalue weighted by molar-refractivity contribution is 1.13. The van der Waals surface area contributed by atoms with E-state index in [1.54, 1.807) is 12.1 Å². The zero-order valence-corrected chi connectivity index (χ0v) is 7.87. The van der Waals surface area contributed by atoms with Crippen molar-refractivity contribution in [2.75, 3.05) is 19.0 Å². The van der Waals surface area contributed by atoms with E-state index in [4.69, 9.17) is 23.2 Å². The van der Waals surface area contributed by atoms with E-state index in [0.717, 1.165) is 5.69 Å². The molecule has 0 aliphatic heterocycles. The molecule has 0 fully saturated rings. The molecule has 0 spiro atoms. The van der Waals surface area contributed by atoms with Gasteiger partial charge in [0, 0.05) is 20.2 Å². The van der Waals surface area contributed by atoms with Crippen LogP contribution in [0, 0.1) is 6.07 Å². The van der Waals surface area contributed by atoms with Crippen LogP contribution < -0.4 is 4.90 Å². The van der Waals surface area contributed by atoms with Gasteiger partial charge in [-0.3, -0.25) is 0 Å². The number of halogens is 2. The fourth-order valence-corrected chi connectivity index (χ4v) is 1.21. The summed E-state index contributed by atoms with van der Waals surface area (Å²) in [6.45, 7) is 0. The Kier molecular flexibility index (Phi) is 2.63. The zero-order chi connectivity index (χ0) is 8.43. The van der Waals surface area contributed by atoms with Gasteiger partial charge in [-0.2, -0.15) is 0 Å². The predicted molar refractivity (Wildman–Crippen MR) is 49.6 cm³/mol. The second-order valence-electron chi connectivity index (χ2n) is 2.38. The Labute approximate surface area is 76.5 Å². The Balaban J connectivity index is 3.17. The number of nitrogens with zero attached hydrogens (tertiary/aromatic N) is 1. The average molecular weight is 189 g/mol. The third-order valence-electron chi connectivity index (χ3n) is 1.31. The maximum atomic E-state index is 5.88. The topological polar surface area (TPSA) is 3.24 Å². The molecule has 0 bridgehead atoms. The van der Waals surface area contributed by atoms with E-state index in [2.05, 4.69) is 6.07 Å². The number of anilines is 1. The molecule has 1 aromatic rings. The van der Waals surface area contributed by atoms with E-state index < -0.39 is 0 Å². The summed E-state index contributed by atoms with van der Waals surface area (Å²) in [4.78, 5) is 1.87. The molecule has 11 heavy (non-hydrogen) atoms. The highest BCUT2D eigenvalue weighted by Crippen LogP contribution is 2.30. The van der Waals surface area contributed by atoms with Crippen molar-refractivity contribution in [2.45, 2.75) is 0 Å². The molecule has 0 atom stereocenters. The van der Waals surface area contributed by atoms with Crippen LogP contribution in [0.3, 0.4) is 0 Å². The third-order valence-corrected chi connectivity index (χ3v) is 2.11. The predicted octanol–water partition coefficient (Wildman–Crippen LogP) is 2.86. The SMILES string of the molecule is CN(C)c1[c]ccc(Cl)c1Cl. The largest absolute Gasteiger partial charge is 0.376 e. The highest BCUT2D eigenvalue weighted by atomic mass is 35.5. The normalized spacial score (nSPS) is 9.82. The molecule has 0 aromatic heterocycles. The summed E-state index contributed by atoms with van der Waals surface area (Å²) < 4.78 is 0. The molecule has 0 aliphatic carbocycles. The second-order valence-corrected chi connectivity index (χ2v) is 3.17. The Hall–Kier alpha value is -0.400. The first-order valence-electron chi connectivity index (χ1n) is 3.16. The van der Waals surface area contributed by atoms with Crippen LogP contribution in [0.15, 0.2) is 12.1 Å². The average Bonchev–Trinajstić information content (AvgIpc) is 1.94. The number of benzene rings is 1. The maximum Gasteiger partial charge on any atom is 0.0831 e. The van der Waals surface area contributed by atoms with Crippen molar-refractivity contribution in [1.82, 2.24) is 0 Å². The lowest BCUT2D eigenvalue weighted by Crippen LogP contribution is -2.09. The molecular weight excluding hydrogens is 181 g/mol. The minimum atomic E-state index is 0.555. The highest BCUT2D eigenvalue weighted by Gasteiger charge is 2.04. The maximum absolute atomic E-state index is 5.88. The minimum Gasteiger partial charge on any atom is -0.376 e. The lowest BCUT2D eigenvalue weighted by Gasteiger charge is -2.13. The van der Waals surface area contributed by atoms with Crippen LogP contribution in [0.2, 0.25) is 10.0 Å². The van der Waals surface area contributed by atoms with Gasteiger partial charge in [0.2, 0.25) is 0 Å². The molecule has 3 heteroatoms. The molecule has 0 amide bonds. The van der Waals surface area contributed by atoms with Crippen LogP contribution in [0.1, 0.15) is 0 Å². The van der Waals surface area contributed by atoms with E-state index in [9.17, 15) is 0 Å². The van der Waals surface area contributed by atoms with Crippen LogP contribution in [0.5, 0.6) is 0 Å². The molecule has 0 unspecified atom stereocenters. The summed E-state index contributed by atoms with van der Waals surface area (Å²) in [5.74, 6) is 0. The standard InChI is InChI=1S/C8H8Cl2N/c1-11(2)7-5-3-4-6(9)8(7)10/h3-4H,1-2H3. The Morgan fingerprint density at radius 1 is 1.36 bits per heavy atom. The first kappa shape index (κ1) is 8.69. The first-order valence-corrected chi connectivity index (χ1v) is 3.91. The molecule has 0 N–H and O–H groups in total. The van der Waals surface area contributed by atoms with Crippen molar-refractivity contribution < 1.29 is 0 Å². The molecule has 59 valence electrons. The van der Waals surface area contributed by atoms with E-state index in [1.807, 2.05) is 19.0 Å². The quantitative estimate of drug-likeness (QED) is 0.656. The van der Waals surface area contributed by atoms with Crippen molar-refractivity contribution in [3.63, 3.8) is 0 Å². The number of rotatable bonds is 1. The lowest BCUT2D eigenvalue weighted by atomic mass is 10.3. The van der Waals surface area contributed by atoms with Gasteiger partial charge in [-0.1, -0.05) is 29.3 Å². The molecular formula is C8H8Cl2N. The summed E-state index contributed by atoms with van der Waals surface area (Å²) in [5.41, 5.74) is 0.819. The van der Waals surface area contributed by atoms with Crippen molar-refractivity contribution >= 4 is 28.9 Å². The third kappa shape index (κ3) is 1.79. The fraction of sp³-hybridized carbons (Fsp3) is 0.250. The van der Waals surface area contributed by atoms with Gasteiger partial charge in [0.1, 0.15) is 0 Å². The summed E-state index contributed by atoms with van der Waals surface area (Å²) >= 11 is 11.7. The molecule has 1 rings (SSSR count). The molecule has 1 aromatic carbocycles. The summed E-state index contributed by atoms with van der Waals surface area (Å²) in [5, 5.41) is 1.12. The van der Waals surface area contributed by atoms with Gasteiger partial charge in [-0.25, -0.2) is 0 Å². The first-order chi connectivity index (χ1) is 5.13. The molecule has 1 nitrogen and oxygen atoms in total. The van der Waals surface area contributed by atoms with Crippen LogP contribution in [0.4, 0.5) is 5.69 Å². The Bertz CT molecular complexity index is 258. The van der Waals surface area contributed by atoms with Gasteiger partial charge >= 0.3 is 0 Å². The van der Waals surface area contributed by atoms with Gasteiger partial charge in [0.15, 0.2) is 0 Å². The highest BCUT2D eigenvalue weighted by molar-refractivity contribution is 6.43. The van der Waals surface area contributed by atoms with E-state index in [1.165, 1.54) is 0 Å². The van der Waals surface area contributed by atoms with Gasteiger partial charge in [0.25, 0.3) is 0 Å². The fourth-order valence-electron chi connectivity index (χ4n) is 0.769. The van der Waals surface area contributed by atoms with E-state index in [0.29, 0.717) is 10.0 Å².